The fraction of sp³-hybridized carbons (Fsp3) is 0.235. The lowest BCUT2D eigenvalue weighted by atomic mass is 10.2. The van der Waals surface area contributed by atoms with Gasteiger partial charge in [0, 0.05) is 11.4 Å². The van der Waals surface area contributed by atoms with E-state index < -0.39 is 0 Å². The van der Waals surface area contributed by atoms with E-state index in [9.17, 15) is 9.18 Å². The zero-order chi connectivity index (χ0) is 16.7. The van der Waals surface area contributed by atoms with Gasteiger partial charge < -0.3 is 14.8 Å². The number of rotatable bonds is 7. The van der Waals surface area contributed by atoms with Gasteiger partial charge in [0.05, 0.1) is 20.0 Å². The summed E-state index contributed by atoms with van der Waals surface area (Å²) in [5, 5.41) is 2.80. The van der Waals surface area contributed by atoms with Gasteiger partial charge in [-0.1, -0.05) is 18.2 Å². The number of halogens is 1. The molecule has 0 unspecified atom stereocenters. The van der Waals surface area contributed by atoms with Crippen molar-refractivity contribution in [3.05, 3.63) is 53.8 Å². The minimum Gasteiger partial charge on any atom is -0.493 e. The van der Waals surface area contributed by atoms with Crippen LogP contribution in [0.1, 0.15) is 5.56 Å². The second-order valence-electron chi connectivity index (χ2n) is 4.69. The topological polar surface area (TPSA) is 47.6 Å². The van der Waals surface area contributed by atoms with Crippen molar-refractivity contribution in [2.75, 3.05) is 20.0 Å². The van der Waals surface area contributed by atoms with Crippen LogP contribution < -0.4 is 14.8 Å². The molecule has 1 amide bonds. The van der Waals surface area contributed by atoms with E-state index in [0.29, 0.717) is 22.9 Å². The van der Waals surface area contributed by atoms with Crippen LogP contribution in [0.4, 0.5) is 4.39 Å². The Morgan fingerprint density at radius 2 is 1.87 bits per heavy atom. The van der Waals surface area contributed by atoms with E-state index in [0.717, 1.165) is 5.56 Å². The molecule has 2 aromatic rings. The number of hydrogen-bond acceptors (Lipinski definition) is 4. The third kappa shape index (κ3) is 4.89. The molecule has 0 aliphatic rings. The molecule has 0 aromatic heterocycles. The lowest BCUT2D eigenvalue weighted by Crippen LogP contribution is -2.24. The van der Waals surface area contributed by atoms with Gasteiger partial charge in [0.25, 0.3) is 0 Å². The van der Waals surface area contributed by atoms with Crippen LogP contribution in [0, 0.1) is 5.82 Å². The number of amides is 1. The molecule has 0 radical (unpaired) electrons. The molecule has 2 rings (SSSR count). The monoisotopic (exact) mass is 335 g/mol. The van der Waals surface area contributed by atoms with Gasteiger partial charge in [-0.25, -0.2) is 4.39 Å². The Labute approximate surface area is 139 Å². The van der Waals surface area contributed by atoms with E-state index in [4.69, 9.17) is 9.47 Å². The summed E-state index contributed by atoms with van der Waals surface area (Å²) in [5.41, 5.74) is 0.895. The van der Waals surface area contributed by atoms with Gasteiger partial charge in [0.1, 0.15) is 5.82 Å². The number of carbonyl (C=O) groups excluding carboxylic acids is 1. The lowest BCUT2D eigenvalue weighted by Gasteiger charge is -2.10. The van der Waals surface area contributed by atoms with Crippen LogP contribution in [-0.4, -0.2) is 25.9 Å². The van der Waals surface area contributed by atoms with E-state index in [2.05, 4.69) is 5.32 Å². The van der Waals surface area contributed by atoms with Crippen molar-refractivity contribution in [2.45, 2.75) is 11.4 Å². The Morgan fingerprint density at radius 3 is 2.57 bits per heavy atom. The second-order valence-corrected chi connectivity index (χ2v) is 5.70. The Hall–Kier alpha value is -2.21. The van der Waals surface area contributed by atoms with E-state index in [1.54, 1.807) is 38.5 Å². The fourth-order valence-corrected chi connectivity index (χ4v) is 2.72. The normalized spacial score (nSPS) is 10.2. The molecule has 1 N–H and O–H groups in total. The third-order valence-electron chi connectivity index (χ3n) is 3.13. The smallest absolute Gasteiger partial charge is 0.230 e. The summed E-state index contributed by atoms with van der Waals surface area (Å²) in [6.07, 6.45) is 0. The number of methoxy groups -OCH3 is 2. The fourth-order valence-electron chi connectivity index (χ4n) is 1.95. The molecule has 122 valence electrons. The van der Waals surface area contributed by atoms with Gasteiger partial charge >= 0.3 is 0 Å². The maximum Gasteiger partial charge on any atom is 0.230 e. The molecule has 0 spiro atoms. The Morgan fingerprint density at radius 1 is 1.13 bits per heavy atom. The largest absolute Gasteiger partial charge is 0.493 e. The number of nitrogens with one attached hydrogen (secondary N) is 1. The number of benzene rings is 2. The predicted octanol–water partition coefficient (Wildman–Crippen LogP) is 3.25. The molecule has 4 nitrogen and oxygen atoms in total. The van der Waals surface area contributed by atoms with Crippen molar-refractivity contribution < 1.29 is 18.7 Å². The molecular weight excluding hydrogens is 317 g/mol. The Kier molecular flexibility index (Phi) is 6.29. The van der Waals surface area contributed by atoms with E-state index in [-0.39, 0.29) is 17.5 Å². The standard InChI is InChI=1S/C17H18FNO3S/c1-21-14-8-7-12(9-15(14)22-2)10-19-17(20)11-23-16-6-4-3-5-13(16)18/h3-9H,10-11H2,1-2H3,(H,19,20). The summed E-state index contributed by atoms with van der Waals surface area (Å²) in [5.74, 6) is 0.935. The van der Waals surface area contributed by atoms with Crippen molar-refractivity contribution in [1.29, 1.82) is 0 Å². The van der Waals surface area contributed by atoms with E-state index >= 15 is 0 Å². The zero-order valence-electron chi connectivity index (χ0n) is 13.0. The highest BCUT2D eigenvalue weighted by molar-refractivity contribution is 8.00. The molecule has 0 heterocycles. The average molecular weight is 335 g/mol. The summed E-state index contributed by atoms with van der Waals surface area (Å²) in [7, 11) is 3.13. The van der Waals surface area contributed by atoms with Crippen molar-refractivity contribution in [2.24, 2.45) is 0 Å². The van der Waals surface area contributed by atoms with Crippen molar-refractivity contribution in [3.63, 3.8) is 0 Å². The van der Waals surface area contributed by atoms with Gasteiger partial charge in [-0.05, 0) is 29.8 Å². The summed E-state index contributed by atoms with van der Waals surface area (Å²) >= 11 is 1.17. The molecule has 0 atom stereocenters. The third-order valence-corrected chi connectivity index (χ3v) is 4.18. The summed E-state index contributed by atoms with van der Waals surface area (Å²) in [6.45, 7) is 0.372. The van der Waals surface area contributed by atoms with Crippen LogP contribution >= 0.6 is 11.8 Å². The summed E-state index contributed by atoms with van der Waals surface area (Å²) in [4.78, 5) is 12.3. The van der Waals surface area contributed by atoms with Crippen molar-refractivity contribution in [1.82, 2.24) is 5.32 Å². The molecule has 0 aliphatic carbocycles. The van der Waals surface area contributed by atoms with Crippen LogP contribution in [0.3, 0.4) is 0 Å². The molecule has 0 saturated carbocycles. The molecule has 0 aliphatic heterocycles. The molecule has 2 aromatic carbocycles. The first-order valence-corrected chi connectivity index (χ1v) is 7.97. The number of ether oxygens (including phenoxy) is 2. The van der Waals surface area contributed by atoms with Gasteiger partial charge in [0.2, 0.25) is 5.91 Å². The Bertz CT molecular complexity index is 679. The first-order valence-electron chi connectivity index (χ1n) is 6.99. The van der Waals surface area contributed by atoms with E-state index in [1.165, 1.54) is 17.8 Å². The van der Waals surface area contributed by atoms with Gasteiger partial charge in [-0.3, -0.25) is 4.79 Å². The lowest BCUT2D eigenvalue weighted by molar-refractivity contribution is -0.118. The highest BCUT2D eigenvalue weighted by Gasteiger charge is 2.08. The van der Waals surface area contributed by atoms with Crippen LogP contribution in [0.15, 0.2) is 47.4 Å². The van der Waals surface area contributed by atoms with Crippen molar-refractivity contribution >= 4 is 17.7 Å². The highest BCUT2D eigenvalue weighted by atomic mass is 32.2. The SMILES string of the molecule is COc1ccc(CNC(=O)CSc2ccccc2F)cc1OC. The maximum atomic E-state index is 13.5. The summed E-state index contributed by atoms with van der Waals surface area (Å²) in [6, 6.07) is 11.8. The van der Waals surface area contributed by atoms with Gasteiger partial charge in [-0.15, -0.1) is 11.8 Å². The molecule has 0 fully saturated rings. The Balaban J connectivity index is 1.86. The van der Waals surface area contributed by atoms with Crippen molar-refractivity contribution in [3.8, 4) is 11.5 Å². The van der Waals surface area contributed by atoms with E-state index in [1.807, 2.05) is 12.1 Å². The molecule has 0 bridgehead atoms. The molecule has 0 saturated heterocycles. The second kappa shape index (κ2) is 8.43. The predicted molar refractivity (Wildman–Crippen MR) is 88.5 cm³/mol. The zero-order valence-corrected chi connectivity index (χ0v) is 13.8. The van der Waals surface area contributed by atoms with Crippen LogP contribution in [0.2, 0.25) is 0 Å². The summed E-state index contributed by atoms with van der Waals surface area (Å²) < 4.78 is 23.9. The minimum atomic E-state index is -0.315. The number of hydrogen-bond donors (Lipinski definition) is 1. The average Bonchev–Trinajstić information content (AvgIpc) is 2.58. The first kappa shape index (κ1) is 17.1. The number of thioether (sulfide) groups is 1. The molecule has 23 heavy (non-hydrogen) atoms. The quantitative estimate of drug-likeness (QED) is 0.789. The van der Waals surface area contributed by atoms with Gasteiger partial charge in [0.15, 0.2) is 11.5 Å². The molecule has 6 heteroatoms. The molecular formula is C17H18FNO3S. The van der Waals surface area contributed by atoms with Crippen LogP contribution in [0.25, 0.3) is 0 Å². The van der Waals surface area contributed by atoms with Crippen LogP contribution in [-0.2, 0) is 11.3 Å². The van der Waals surface area contributed by atoms with Crippen LogP contribution in [0.5, 0.6) is 11.5 Å². The minimum absolute atomic E-state index is 0.159. The van der Waals surface area contributed by atoms with Gasteiger partial charge in [-0.2, -0.15) is 0 Å². The highest BCUT2D eigenvalue weighted by Crippen LogP contribution is 2.27. The first-order chi connectivity index (χ1) is 11.1. The maximum absolute atomic E-state index is 13.5. The number of carbonyl (C=O) groups is 1.